The average Bonchev–Trinajstić information content (AvgIpc) is 2.92. The predicted molar refractivity (Wildman–Crippen MR) is 85.0 cm³/mol. The average molecular weight is 375 g/mol. The van der Waals surface area contributed by atoms with Gasteiger partial charge in [0.1, 0.15) is 0 Å². The second-order valence-corrected chi connectivity index (χ2v) is 8.01. The zero-order valence-electron chi connectivity index (χ0n) is 10.9. The van der Waals surface area contributed by atoms with Gasteiger partial charge in [0.25, 0.3) is 0 Å². The molecule has 0 aliphatic carbocycles. The quantitative estimate of drug-likeness (QED) is 0.874. The van der Waals surface area contributed by atoms with Crippen molar-refractivity contribution in [1.29, 1.82) is 0 Å². The van der Waals surface area contributed by atoms with Gasteiger partial charge in [0, 0.05) is 24.6 Å². The number of rotatable bonds is 5. The fourth-order valence-electron chi connectivity index (χ4n) is 1.77. The van der Waals surface area contributed by atoms with Gasteiger partial charge in [-0.2, -0.15) is 15.6 Å². The molecule has 0 spiro atoms. The lowest BCUT2D eigenvalue weighted by Gasteiger charge is -2.18. The van der Waals surface area contributed by atoms with E-state index in [4.69, 9.17) is 5.73 Å². The molecule has 2 N–H and O–H groups in total. The van der Waals surface area contributed by atoms with E-state index in [1.165, 1.54) is 4.31 Å². The van der Waals surface area contributed by atoms with E-state index in [0.717, 1.165) is 11.1 Å². The third-order valence-corrected chi connectivity index (χ3v) is 6.43. The summed E-state index contributed by atoms with van der Waals surface area (Å²) in [5.74, 6) is 0. The van der Waals surface area contributed by atoms with E-state index < -0.39 is 10.0 Å². The van der Waals surface area contributed by atoms with E-state index in [9.17, 15) is 8.42 Å². The van der Waals surface area contributed by atoms with Crippen molar-refractivity contribution in [1.82, 2.24) is 4.31 Å². The molecule has 0 saturated heterocycles. The number of sulfonamides is 1. The standard InChI is InChI=1S/C13H15BrN2O2S2/c1-16(8-11-4-5-19-9-11)20(17,18)13-6-10(7-15)2-3-12(13)14/h2-6,9H,7-8,15H2,1H3. The first-order valence-electron chi connectivity index (χ1n) is 5.91. The van der Waals surface area contributed by atoms with Gasteiger partial charge < -0.3 is 5.73 Å². The van der Waals surface area contributed by atoms with Crippen LogP contribution in [0.3, 0.4) is 0 Å². The van der Waals surface area contributed by atoms with E-state index in [-0.39, 0.29) is 4.90 Å². The summed E-state index contributed by atoms with van der Waals surface area (Å²) in [5.41, 5.74) is 7.34. The molecule has 1 heterocycles. The number of nitrogens with two attached hydrogens (primary N) is 1. The highest BCUT2D eigenvalue weighted by molar-refractivity contribution is 9.10. The molecule has 108 valence electrons. The Bertz CT molecular complexity index is 684. The largest absolute Gasteiger partial charge is 0.326 e. The van der Waals surface area contributed by atoms with Gasteiger partial charge in [-0.25, -0.2) is 8.42 Å². The zero-order valence-corrected chi connectivity index (χ0v) is 14.1. The third-order valence-electron chi connectivity index (χ3n) is 2.90. The summed E-state index contributed by atoms with van der Waals surface area (Å²) in [5, 5.41) is 3.87. The Labute approximate surface area is 131 Å². The fraction of sp³-hybridized carbons (Fsp3) is 0.231. The normalized spacial score (nSPS) is 12.0. The van der Waals surface area contributed by atoms with E-state index in [0.29, 0.717) is 17.6 Å². The molecular weight excluding hydrogens is 360 g/mol. The smallest absolute Gasteiger partial charge is 0.244 e. The number of hydrogen-bond acceptors (Lipinski definition) is 4. The molecule has 20 heavy (non-hydrogen) atoms. The molecule has 2 aromatic rings. The molecule has 0 unspecified atom stereocenters. The molecule has 0 aliphatic heterocycles. The summed E-state index contributed by atoms with van der Waals surface area (Å²) in [6, 6.07) is 7.06. The molecule has 0 amide bonds. The summed E-state index contributed by atoms with van der Waals surface area (Å²) >= 11 is 4.85. The second-order valence-electron chi connectivity index (χ2n) is 4.36. The summed E-state index contributed by atoms with van der Waals surface area (Å²) in [6.45, 7) is 0.662. The molecule has 0 aliphatic rings. The number of hydrogen-bond donors (Lipinski definition) is 1. The van der Waals surface area contributed by atoms with Crippen LogP contribution in [0.4, 0.5) is 0 Å². The molecule has 0 fully saturated rings. The van der Waals surface area contributed by atoms with Crippen molar-refractivity contribution in [2.45, 2.75) is 18.0 Å². The molecular formula is C13H15BrN2O2S2. The topological polar surface area (TPSA) is 63.4 Å². The van der Waals surface area contributed by atoms with Crippen molar-refractivity contribution in [3.8, 4) is 0 Å². The predicted octanol–water partition coefficient (Wildman–Crippen LogP) is 2.79. The van der Waals surface area contributed by atoms with Crippen LogP contribution in [0, 0.1) is 0 Å². The first-order valence-corrected chi connectivity index (χ1v) is 9.08. The molecule has 0 radical (unpaired) electrons. The minimum atomic E-state index is -3.54. The van der Waals surface area contributed by atoms with E-state index >= 15 is 0 Å². The van der Waals surface area contributed by atoms with Crippen LogP contribution in [0.2, 0.25) is 0 Å². The van der Waals surface area contributed by atoms with Crippen molar-refractivity contribution >= 4 is 37.3 Å². The number of benzene rings is 1. The Hall–Kier alpha value is -0.730. The molecule has 1 aromatic heterocycles. The zero-order chi connectivity index (χ0) is 14.8. The summed E-state index contributed by atoms with van der Waals surface area (Å²) in [6.07, 6.45) is 0. The molecule has 0 saturated carbocycles. The lowest BCUT2D eigenvalue weighted by molar-refractivity contribution is 0.466. The van der Waals surface area contributed by atoms with Gasteiger partial charge in [0.2, 0.25) is 10.0 Å². The minimum absolute atomic E-state index is 0.248. The van der Waals surface area contributed by atoms with Crippen LogP contribution in [-0.2, 0) is 23.1 Å². The van der Waals surface area contributed by atoms with Crippen LogP contribution in [0.15, 0.2) is 44.4 Å². The Kier molecular flexibility index (Phi) is 4.98. The molecule has 2 rings (SSSR count). The maximum Gasteiger partial charge on any atom is 0.244 e. The molecule has 0 bridgehead atoms. The van der Waals surface area contributed by atoms with Crippen LogP contribution in [0.5, 0.6) is 0 Å². The SMILES string of the molecule is CN(Cc1ccsc1)S(=O)(=O)c1cc(CN)ccc1Br. The maximum absolute atomic E-state index is 12.6. The first kappa shape index (κ1) is 15.7. The summed E-state index contributed by atoms with van der Waals surface area (Å²) in [7, 11) is -1.96. The van der Waals surface area contributed by atoms with E-state index in [1.807, 2.05) is 22.9 Å². The van der Waals surface area contributed by atoms with Gasteiger partial charge in [-0.3, -0.25) is 0 Å². The Morgan fingerprint density at radius 2 is 2.05 bits per heavy atom. The fourth-order valence-corrected chi connectivity index (χ4v) is 4.55. The van der Waals surface area contributed by atoms with Crippen LogP contribution in [-0.4, -0.2) is 19.8 Å². The Morgan fingerprint density at radius 1 is 1.30 bits per heavy atom. The van der Waals surface area contributed by atoms with Crippen LogP contribution in [0.1, 0.15) is 11.1 Å². The lowest BCUT2D eigenvalue weighted by atomic mass is 10.2. The Morgan fingerprint density at radius 3 is 2.65 bits per heavy atom. The number of halogens is 1. The van der Waals surface area contributed by atoms with Gasteiger partial charge in [-0.1, -0.05) is 6.07 Å². The monoisotopic (exact) mass is 374 g/mol. The van der Waals surface area contributed by atoms with Crippen LogP contribution in [0.25, 0.3) is 0 Å². The van der Waals surface area contributed by atoms with Crippen LogP contribution >= 0.6 is 27.3 Å². The van der Waals surface area contributed by atoms with Gasteiger partial charge in [-0.15, -0.1) is 0 Å². The molecule has 1 aromatic carbocycles. The number of nitrogens with zero attached hydrogens (tertiary/aromatic N) is 1. The van der Waals surface area contributed by atoms with E-state index in [2.05, 4.69) is 15.9 Å². The molecule has 7 heteroatoms. The van der Waals surface area contributed by atoms with Crippen molar-refractivity contribution in [2.75, 3.05) is 7.05 Å². The maximum atomic E-state index is 12.6. The number of thiophene rings is 1. The highest BCUT2D eigenvalue weighted by Gasteiger charge is 2.23. The summed E-state index contributed by atoms with van der Waals surface area (Å²) < 4.78 is 27.1. The Balaban J connectivity index is 2.34. The summed E-state index contributed by atoms with van der Waals surface area (Å²) in [4.78, 5) is 0.248. The lowest BCUT2D eigenvalue weighted by Crippen LogP contribution is -2.26. The van der Waals surface area contributed by atoms with Gasteiger partial charge >= 0.3 is 0 Å². The first-order chi connectivity index (χ1) is 9.45. The highest BCUT2D eigenvalue weighted by Crippen LogP contribution is 2.26. The van der Waals surface area contributed by atoms with Gasteiger partial charge in [0.05, 0.1) is 4.90 Å². The van der Waals surface area contributed by atoms with Crippen LogP contribution < -0.4 is 5.73 Å². The minimum Gasteiger partial charge on any atom is -0.326 e. The van der Waals surface area contributed by atoms with Crippen molar-refractivity contribution in [3.05, 3.63) is 50.6 Å². The second kappa shape index (κ2) is 6.36. The van der Waals surface area contributed by atoms with E-state index in [1.54, 1.807) is 30.5 Å². The molecule has 4 nitrogen and oxygen atoms in total. The molecule has 0 atom stereocenters. The van der Waals surface area contributed by atoms with Crippen molar-refractivity contribution in [2.24, 2.45) is 5.73 Å². The van der Waals surface area contributed by atoms with Crippen molar-refractivity contribution < 1.29 is 8.42 Å². The van der Waals surface area contributed by atoms with Crippen molar-refractivity contribution in [3.63, 3.8) is 0 Å². The van der Waals surface area contributed by atoms with Gasteiger partial charge in [-0.05, 0) is 56.0 Å². The highest BCUT2D eigenvalue weighted by atomic mass is 79.9. The third kappa shape index (κ3) is 3.29. The van der Waals surface area contributed by atoms with Gasteiger partial charge in [0.15, 0.2) is 0 Å².